The minimum atomic E-state index is 0.489. The third kappa shape index (κ3) is 3.02. The van der Waals surface area contributed by atoms with Crippen LogP contribution in [0.3, 0.4) is 0 Å². The van der Waals surface area contributed by atoms with Gasteiger partial charge >= 0.3 is 0 Å². The van der Waals surface area contributed by atoms with Crippen molar-refractivity contribution in [3.8, 4) is 5.88 Å². The molecule has 3 nitrogen and oxygen atoms in total. The molecule has 0 N–H and O–H groups in total. The van der Waals surface area contributed by atoms with Crippen molar-refractivity contribution in [2.45, 2.75) is 6.61 Å². The van der Waals surface area contributed by atoms with Crippen LogP contribution in [-0.4, -0.2) is 9.97 Å². The molecule has 0 atom stereocenters. The lowest BCUT2D eigenvalue weighted by Gasteiger charge is -2.04. The zero-order chi connectivity index (χ0) is 10.5. The number of rotatable bonds is 3. The van der Waals surface area contributed by atoms with Gasteiger partial charge in [0.1, 0.15) is 6.61 Å². The summed E-state index contributed by atoms with van der Waals surface area (Å²) in [6.45, 7) is 0.489. The van der Waals surface area contributed by atoms with Crippen molar-refractivity contribution >= 4 is 15.9 Å². The predicted molar refractivity (Wildman–Crippen MR) is 60.5 cm³/mol. The fourth-order valence-corrected chi connectivity index (χ4v) is 1.32. The van der Waals surface area contributed by atoms with Gasteiger partial charge in [0.05, 0.1) is 0 Å². The first kappa shape index (κ1) is 10.1. The first-order valence-corrected chi connectivity index (χ1v) is 5.27. The molecule has 0 aliphatic rings. The van der Waals surface area contributed by atoms with E-state index in [1.165, 1.54) is 0 Å². The quantitative estimate of drug-likeness (QED) is 0.855. The average Bonchev–Trinajstić information content (AvgIpc) is 2.30. The van der Waals surface area contributed by atoms with Crippen LogP contribution in [-0.2, 0) is 6.61 Å². The summed E-state index contributed by atoms with van der Waals surface area (Å²) in [6.07, 6.45) is 5.22. The number of hydrogen-bond acceptors (Lipinski definition) is 3. The molecule has 0 fully saturated rings. The minimum Gasteiger partial charge on any atom is -0.473 e. The van der Waals surface area contributed by atoms with E-state index in [0.29, 0.717) is 12.5 Å². The first-order valence-electron chi connectivity index (χ1n) is 4.48. The van der Waals surface area contributed by atoms with Gasteiger partial charge in [-0.15, -0.1) is 0 Å². The molecule has 0 radical (unpaired) electrons. The first-order chi connectivity index (χ1) is 7.34. The molecule has 0 unspecified atom stereocenters. The van der Waals surface area contributed by atoms with Gasteiger partial charge in [0.25, 0.3) is 0 Å². The third-order valence-electron chi connectivity index (χ3n) is 1.81. The van der Waals surface area contributed by atoms with Gasteiger partial charge in [-0.1, -0.05) is 6.07 Å². The highest BCUT2D eigenvalue weighted by Crippen LogP contribution is 2.13. The lowest BCUT2D eigenvalue weighted by atomic mass is 10.3. The monoisotopic (exact) mass is 264 g/mol. The minimum absolute atomic E-state index is 0.489. The van der Waals surface area contributed by atoms with Gasteiger partial charge in [0.15, 0.2) is 0 Å². The molecule has 0 amide bonds. The summed E-state index contributed by atoms with van der Waals surface area (Å²) in [6, 6.07) is 7.56. The summed E-state index contributed by atoms with van der Waals surface area (Å²) < 4.78 is 6.42. The number of halogens is 1. The van der Waals surface area contributed by atoms with E-state index in [1.54, 1.807) is 18.6 Å². The Labute approximate surface area is 96.3 Å². The van der Waals surface area contributed by atoms with Crippen molar-refractivity contribution in [2.75, 3.05) is 0 Å². The third-order valence-corrected chi connectivity index (χ3v) is 2.28. The maximum Gasteiger partial charge on any atom is 0.213 e. The maximum absolute atomic E-state index is 5.48. The Bertz CT molecular complexity index is 416. The maximum atomic E-state index is 5.48. The van der Waals surface area contributed by atoms with Gasteiger partial charge in [-0.2, -0.15) is 0 Å². The highest BCUT2D eigenvalue weighted by molar-refractivity contribution is 9.10. The molecule has 15 heavy (non-hydrogen) atoms. The normalized spacial score (nSPS) is 9.93. The molecule has 0 bridgehead atoms. The Hall–Kier alpha value is -1.42. The van der Waals surface area contributed by atoms with Crippen molar-refractivity contribution in [3.05, 3.63) is 52.9 Å². The second kappa shape index (κ2) is 4.89. The lowest BCUT2D eigenvalue weighted by Crippen LogP contribution is -1.96. The summed E-state index contributed by atoms with van der Waals surface area (Å²) >= 11 is 3.31. The SMILES string of the molecule is Brc1ccc(OCc2cccnc2)nc1. The molecule has 76 valence electrons. The topological polar surface area (TPSA) is 35.0 Å². The van der Waals surface area contributed by atoms with Gasteiger partial charge in [-0.05, 0) is 28.1 Å². The van der Waals surface area contributed by atoms with E-state index < -0.39 is 0 Å². The fraction of sp³-hybridized carbons (Fsp3) is 0.0909. The molecule has 2 aromatic heterocycles. The number of aromatic nitrogens is 2. The summed E-state index contributed by atoms with van der Waals surface area (Å²) in [4.78, 5) is 8.11. The average molecular weight is 265 g/mol. The molecule has 2 rings (SSSR count). The number of nitrogens with zero attached hydrogens (tertiary/aromatic N) is 2. The molecule has 0 saturated carbocycles. The second-order valence-corrected chi connectivity index (χ2v) is 3.88. The van der Waals surface area contributed by atoms with Crippen LogP contribution in [0.1, 0.15) is 5.56 Å². The van der Waals surface area contributed by atoms with Crippen molar-refractivity contribution in [1.82, 2.24) is 9.97 Å². The van der Waals surface area contributed by atoms with Gasteiger partial charge < -0.3 is 4.74 Å². The van der Waals surface area contributed by atoms with Crippen LogP contribution in [0.15, 0.2) is 47.3 Å². The number of pyridine rings is 2. The van der Waals surface area contributed by atoms with Gasteiger partial charge in [0.2, 0.25) is 5.88 Å². The molecule has 0 spiro atoms. The highest BCUT2D eigenvalue weighted by atomic mass is 79.9. The number of hydrogen-bond donors (Lipinski definition) is 0. The van der Waals surface area contributed by atoms with Gasteiger partial charge in [0, 0.05) is 34.7 Å². The van der Waals surface area contributed by atoms with E-state index in [0.717, 1.165) is 10.0 Å². The van der Waals surface area contributed by atoms with E-state index in [1.807, 2.05) is 24.3 Å². The summed E-state index contributed by atoms with van der Waals surface area (Å²) in [5.41, 5.74) is 1.03. The van der Waals surface area contributed by atoms with Gasteiger partial charge in [-0.3, -0.25) is 4.98 Å². The number of ether oxygens (including phenoxy) is 1. The van der Waals surface area contributed by atoms with Crippen LogP contribution in [0.5, 0.6) is 5.88 Å². The van der Waals surface area contributed by atoms with Crippen LogP contribution in [0.2, 0.25) is 0 Å². The molecule has 0 aliphatic carbocycles. The second-order valence-electron chi connectivity index (χ2n) is 2.96. The fourth-order valence-electron chi connectivity index (χ4n) is 1.09. The molecule has 0 saturated heterocycles. The van der Waals surface area contributed by atoms with E-state index in [9.17, 15) is 0 Å². The van der Waals surface area contributed by atoms with Crippen molar-refractivity contribution < 1.29 is 4.74 Å². The van der Waals surface area contributed by atoms with Crippen LogP contribution in [0.25, 0.3) is 0 Å². The molecule has 4 heteroatoms. The zero-order valence-corrected chi connectivity index (χ0v) is 9.52. The summed E-state index contributed by atoms with van der Waals surface area (Å²) in [5.74, 6) is 0.613. The van der Waals surface area contributed by atoms with E-state index >= 15 is 0 Å². The van der Waals surface area contributed by atoms with Crippen molar-refractivity contribution in [2.24, 2.45) is 0 Å². The van der Waals surface area contributed by atoms with Gasteiger partial charge in [-0.25, -0.2) is 4.98 Å². The molecule has 2 aromatic rings. The Balaban J connectivity index is 1.96. The molecular weight excluding hydrogens is 256 g/mol. The predicted octanol–water partition coefficient (Wildman–Crippen LogP) is 2.82. The zero-order valence-electron chi connectivity index (χ0n) is 7.93. The molecule has 0 aliphatic heterocycles. The Morgan fingerprint density at radius 3 is 2.80 bits per heavy atom. The smallest absolute Gasteiger partial charge is 0.213 e. The Morgan fingerprint density at radius 2 is 2.13 bits per heavy atom. The largest absolute Gasteiger partial charge is 0.473 e. The molecule has 0 aromatic carbocycles. The molecular formula is C11H9BrN2O. The standard InChI is InChI=1S/C11H9BrN2O/c12-10-3-4-11(14-7-10)15-8-9-2-1-5-13-6-9/h1-7H,8H2. The summed E-state index contributed by atoms with van der Waals surface area (Å²) in [5, 5.41) is 0. The van der Waals surface area contributed by atoms with Crippen LogP contribution >= 0.6 is 15.9 Å². The van der Waals surface area contributed by atoms with Crippen molar-refractivity contribution in [1.29, 1.82) is 0 Å². The highest BCUT2D eigenvalue weighted by Gasteiger charge is 1.96. The molecule has 2 heterocycles. The van der Waals surface area contributed by atoms with E-state index in [-0.39, 0.29) is 0 Å². The van der Waals surface area contributed by atoms with Crippen molar-refractivity contribution in [3.63, 3.8) is 0 Å². The van der Waals surface area contributed by atoms with Crippen LogP contribution in [0.4, 0.5) is 0 Å². The van der Waals surface area contributed by atoms with Crippen LogP contribution in [0, 0.1) is 0 Å². The lowest BCUT2D eigenvalue weighted by molar-refractivity contribution is 0.293. The Kier molecular flexibility index (Phi) is 3.29. The van der Waals surface area contributed by atoms with E-state index in [2.05, 4.69) is 25.9 Å². The van der Waals surface area contributed by atoms with Crippen LogP contribution < -0.4 is 4.74 Å². The Morgan fingerprint density at radius 1 is 1.20 bits per heavy atom. The van der Waals surface area contributed by atoms with E-state index in [4.69, 9.17) is 4.74 Å². The summed E-state index contributed by atoms with van der Waals surface area (Å²) in [7, 11) is 0.